The number of nitrogens with zero attached hydrogens (tertiary/aromatic N) is 2. The number of aryl methyl sites for hydroxylation is 1. The SMILES string of the molecule is CCn1nccc1C(NN)C(OC)OC. The molecule has 0 bridgehead atoms. The Morgan fingerprint density at radius 1 is 1.53 bits per heavy atom. The Morgan fingerprint density at radius 2 is 2.20 bits per heavy atom. The summed E-state index contributed by atoms with van der Waals surface area (Å²) in [6.07, 6.45) is 1.29. The molecule has 0 aromatic carbocycles. The highest BCUT2D eigenvalue weighted by Gasteiger charge is 2.24. The molecule has 15 heavy (non-hydrogen) atoms. The standard InChI is InChI=1S/C9H18N4O2/c1-4-13-7(5-6-11-13)8(12-10)9(14-2)15-3/h5-6,8-9,12H,4,10H2,1-3H3. The number of nitrogens with one attached hydrogen (secondary N) is 1. The minimum atomic E-state index is -0.433. The molecule has 86 valence electrons. The minimum Gasteiger partial charge on any atom is -0.354 e. The van der Waals surface area contributed by atoms with Crippen molar-refractivity contribution in [2.45, 2.75) is 25.8 Å². The monoisotopic (exact) mass is 214 g/mol. The van der Waals surface area contributed by atoms with Gasteiger partial charge in [0.15, 0.2) is 6.29 Å². The van der Waals surface area contributed by atoms with E-state index in [1.165, 1.54) is 0 Å². The van der Waals surface area contributed by atoms with Gasteiger partial charge in [-0.25, -0.2) is 5.43 Å². The average Bonchev–Trinajstić information content (AvgIpc) is 2.73. The van der Waals surface area contributed by atoms with Crippen LogP contribution in [0.3, 0.4) is 0 Å². The molecule has 6 nitrogen and oxygen atoms in total. The van der Waals surface area contributed by atoms with Crippen LogP contribution in [0.25, 0.3) is 0 Å². The summed E-state index contributed by atoms with van der Waals surface area (Å²) in [4.78, 5) is 0. The second-order valence-electron chi connectivity index (χ2n) is 3.06. The first-order chi connectivity index (χ1) is 7.28. The molecule has 0 aliphatic rings. The maximum Gasteiger partial charge on any atom is 0.179 e. The fourth-order valence-electron chi connectivity index (χ4n) is 1.54. The zero-order valence-electron chi connectivity index (χ0n) is 9.30. The van der Waals surface area contributed by atoms with Crippen LogP contribution >= 0.6 is 0 Å². The van der Waals surface area contributed by atoms with Gasteiger partial charge in [-0.2, -0.15) is 5.10 Å². The van der Waals surface area contributed by atoms with E-state index in [0.29, 0.717) is 0 Å². The van der Waals surface area contributed by atoms with E-state index in [2.05, 4.69) is 10.5 Å². The summed E-state index contributed by atoms with van der Waals surface area (Å²) in [5.74, 6) is 5.49. The normalized spacial score (nSPS) is 13.4. The molecule has 0 spiro atoms. The lowest BCUT2D eigenvalue weighted by Crippen LogP contribution is -2.39. The lowest BCUT2D eigenvalue weighted by Gasteiger charge is -2.24. The van der Waals surface area contributed by atoms with Crippen LogP contribution in [0.1, 0.15) is 18.7 Å². The van der Waals surface area contributed by atoms with Gasteiger partial charge in [0, 0.05) is 27.0 Å². The van der Waals surface area contributed by atoms with Crippen molar-refractivity contribution >= 4 is 0 Å². The van der Waals surface area contributed by atoms with Gasteiger partial charge >= 0.3 is 0 Å². The molecule has 0 aliphatic heterocycles. The molecule has 3 N–H and O–H groups in total. The number of hydrogen-bond acceptors (Lipinski definition) is 5. The molecular formula is C9H18N4O2. The molecule has 0 saturated heterocycles. The zero-order chi connectivity index (χ0) is 11.3. The van der Waals surface area contributed by atoms with E-state index in [-0.39, 0.29) is 6.04 Å². The van der Waals surface area contributed by atoms with Crippen molar-refractivity contribution in [3.05, 3.63) is 18.0 Å². The molecule has 1 unspecified atom stereocenters. The predicted octanol–water partition coefficient (Wildman–Crippen LogP) is 0.0263. The van der Waals surface area contributed by atoms with Crippen LogP contribution in [-0.4, -0.2) is 30.3 Å². The van der Waals surface area contributed by atoms with Crippen LogP contribution in [-0.2, 0) is 16.0 Å². The van der Waals surface area contributed by atoms with E-state index < -0.39 is 6.29 Å². The number of rotatable bonds is 6. The third-order valence-electron chi connectivity index (χ3n) is 2.28. The molecule has 0 aliphatic carbocycles. The van der Waals surface area contributed by atoms with Gasteiger partial charge in [0.2, 0.25) is 0 Å². The fraction of sp³-hybridized carbons (Fsp3) is 0.667. The smallest absolute Gasteiger partial charge is 0.179 e. The third kappa shape index (κ3) is 2.54. The van der Waals surface area contributed by atoms with Gasteiger partial charge in [-0.1, -0.05) is 0 Å². The summed E-state index contributed by atoms with van der Waals surface area (Å²) in [7, 11) is 3.15. The van der Waals surface area contributed by atoms with Gasteiger partial charge in [0.25, 0.3) is 0 Å². The van der Waals surface area contributed by atoms with Crippen LogP contribution in [0.5, 0.6) is 0 Å². The van der Waals surface area contributed by atoms with Crippen LogP contribution < -0.4 is 11.3 Å². The van der Waals surface area contributed by atoms with Crippen molar-refractivity contribution in [2.75, 3.05) is 14.2 Å². The van der Waals surface area contributed by atoms with Crippen molar-refractivity contribution in [1.29, 1.82) is 0 Å². The second-order valence-corrected chi connectivity index (χ2v) is 3.06. The quantitative estimate of drug-likeness (QED) is 0.397. The van der Waals surface area contributed by atoms with E-state index in [9.17, 15) is 0 Å². The van der Waals surface area contributed by atoms with Gasteiger partial charge in [-0.3, -0.25) is 10.5 Å². The molecule has 6 heteroatoms. The summed E-state index contributed by atoms with van der Waals surface area (Å²) >= 11 is 0. The Morgan fingerprint density at radius 3 is 2.67 bits per heavy atom. The lowest BCUT2D eigenvalue weighted by molar-refractivity contribution is -0.125. The molecular weight excluding hydrogens is 196 g/mol. The first-order valence-electron chi connectivity index (χ1n) is 4.81. The second kappa shape index (κ2) is 5.82. The molecule has 0 saturated carbocycles. The highest BCUT2D eigenvalue weighted by molar-refractivity contribution is 5.07. The minimum absolute atomic E-state index is 0.234. The molecule has 1 atom stereocenters. The zero-order valence-corrected chi connectivity index (χ0v) is 9.30. The first-order valence-corrected chi connectivity index (χ1v) is 4.81. The number of nitrogens with two attached hydrogens (primary N) is 1. The number of hydrazine groups is 1. The molecule has 0 radical (unpaired) electrons. The van der Waals surface area contributed by atoms with E-state index in [0.717, 1.165) is 12.2 Å². The van der Waals surface area contributed by atoms with Gasteiger partial charge in [-0.05, 0) is 13.0 Å². The molecule has 1 heterocycles. The Kier molecular flexibility index (Phi) is 4.70. The summed E-state index contributed by atoms with van der Waals surface area (Å²) in [6.45, 7) is 2.79. The molecule has 0 fully saturated rings. The molecule has 1 aromatic heterocycles. The van der Waals surface area contributed by atoms with E-state index >= 15 is 0 Å². The first kappa shape index (κ1) is 12.1. The Balaban J connectivity index is 2.90. The molecule has 1 rings (SSSR count). The number of ether oxygens (including phenoxy) is 2. The number of aromatic nitrogens is 2. The van der Waals surface area contributed by atoms with Gasteiger partial charge in [0.05, 0.1) is 5.69 Å². The van der Waals surface area contributed by atoms with Crippen LogP contribution in [0.4, 0.5) is 0 Å². The lowest BCUT2D eigenvalue weighted by atomic mass is 10.2. The predicted molar refractivity (Wildman–Crippen MR) is 55.8 cm³/mol. The van der Waals surface area contributed by atoms with Crippen molar-refractivity contribution in [3.63, 3.8) is 0 Å². The fourth-order valence-corrected chi connectivity index (χ4v) is 1.54. The average molecular weight is 214 g/mol. The maximum atomic E-state index is 5.49. The summed E-state index contributed by atoms with van der Waals surface area (Å²) in [6, 6.07) is 1.65. The van der Waals surface area contributed by atoms with Gasteiger partial charge in [0.1, 0.15) is 6.04 Å². The Labute approximate surface area is 89.3 Å². The molecule has 0 amide bonds. The molecule has 1 aromatic rings. The highest BCUT2D eigenvalue weighted by Crippen LogP contribution is 2.18. The van der Waals surface area contributed by atoms with Crippen molar-refractivity contribution in [2.24, 2.45) is 5.84 Å². The van der Waals surface area contributed by atoms with E-state index in [1.54, 1.807) is 20.4 Å². The van der Waals surface area contributed by atoms with Crippen molar-refractivity contribution in [3.8, 4) is 0 Å². The summed E-state index contributed by atoms with van der Waals surface area (Å²) in [5, 5.41) is 4.16. The Bertz CT molecular complexity index is 285. The van der Waals surface area contributed by atoms with Gasteiger partial charge < -0.3 is 9.47 Å². The van der Waals surface area contributed by atoms with Crippen LogP contribution in [0.2, 0.25) is 0 Å². The number of methoxy groups -OCH3 is 2. The van der Waals surface area contributed by atoms with Crippen LogP contribution in [0, 0.1) is 0 Å². The van der Waals surface area contributed by atoms with Crippen LogP contribution in [0.15, 0.2) is 12.3 Å². The third-order valence-corrected chi connectivity index (χ3v) is 2.28. The largest absolute Gasteiger partial charge is 0.354 e. The van der Waals surface area contributed by atoms with E-state index in [4.69, 9.17) is 15.3 Å². The Hall–Kier alpha value is -0.950. The van der Waals surface area contributed by atoms with Crippen molar-refractivity contribution < 1.29 is 9.47 Å². The number of hydrogen-bond donors (Lipinski definition) is 2. The highest BCUT2D eigenvalue weighted by atomic mass is 16.7. The van der Waals surface area contributed by atoms with Gasteiger partial charge in [-0.15, -0.1) is 0 Å². The summed E-state index contributed by atoms with van der Waals surface area (Å²) in [5.41, 5.74) is 3.61. The maximum absolute atomic E-state index is 5.49. The van der Waals surface area contributed by atoms with E-state index in [1.807, 2.05) is 17.7 Å². The van der Waals surface area contributed by atoms with Crippen molar-refractivity contribution in [1.82, 2.24) is 15.2 Å². The summed E-state index contributed by atoms with van der Waals surface area (Å²) < 4.78 is 12.2. The topological polar surface area (TPSA) is 74.3 Å².